The van der Waals surface area contributed by atoms with Crippen molar-refractivity contribution in [3.8, 4) is 0 Å². The Morgan fingerprint density at radius 2 is 1.79 bits per heavy atom. The maximum absolute atomic E-state index is 11.8. The van der Waals surface area contributed by atoms with Crippen LogP contribution in [0.2, 0.25) is 4.34 Å². The summed E-state index contributed by atoms with van der Waals surface area (Å²) in [5, 5.41) is 2.67. The number of benzene rings is 1. The molecule has 100 valence electrons. The molecule has 0 saturated heterocycles. The zero-order valence-corrected chi connectivity index (χ0v) is 12.3. The first-order valence-corrected chi connectivity index (χ1v) is 8.31. The molecular formula is C12H10ClNO3S2. The van der Waals surface area contributed by atoms with Gasteiger partial charge in [-0.25, -0.2) is 8.42 Å². The van der Waals surface area contributed by atoms with Crippen molar-refractivity contribution in [2.75, 3.05) is 11.6 Å². The molecule has 1 heterocycles. The van der Waals surface area contributed by atoms with Crippen molar-refractivity contribution >= 4 is 44.4 Å². The van der Waals surface area contributed by atoms with Gasteiger partial charge in [-0.1, -0.05) is 11.6 Å². The highest BCUT2D eigenvalue weighted by molar-refractivity contribution is 7.90. The first-order chi connectivity index (χ1) is 8.86. The summed E-state index contributed by atoms with van der Waals surface area (Å²) in [4.78, 5) is 12.5. The zero-order chi connectivity index (χ0) is 14.0. The van der Waals surface area contributed by atoms with E-state index >= 15 is 0 Å². The van der Waals surface area contributed by atoms with Crippen LogP contribution < -0.4 is 5.32 Å². The minimum Gasteiger partial charge on any atom is -0.321 e. The summed E-state index contributed by atoms with van der Waals surface area (Å²) in [5.74, 6) is -0.274. The fourth-order valence-electron chi connectivity index (χ4n) is 1.41. The molecular weight excluding hydrogens is 306 g/mol. The molecule has 0 fully saturated rings. The van der Waals surface area contributed by atoms with Crippen LogP contribution in [0.15, 0.2) is 41.3 Å². The second kappa shape index (κ2) is 5.32. The molecule has 0 radical (unpaired) electrons. The Kier molecular flexibility index (Phi) is 3.93. The molecule has 0 bridgehead atoms. The average Bonchev–Trinajstić information content (AvgIpc) is 2.75. The molecule has 19 heavy (non-hydrogen) atoms. The number of halogens is 1. The molecule has 0 aliphatic rings. The van der Waals surface area contributed by atoms with Crippen LogP contribution in [0.4, 0.5) is 5.69 Å². The fourth-order valence-corrected chi connectivity index (χ4v) is 2.98. The number of thiophene rings is 1. The monoisotopic (exact) mass is 315 g/mol. The number of hydrogen-bond donors (Lipinski definition) is 1. The number of nitrogens with one attached hydrogen (secondary N) is 1. The van der Waals surface area contributed by atoms with Gasteiger partial charge in [0.2, 0.25) is 0 Å². The number of carbonyl (C=O) groups excluding carboxylic acids is 1. The third-order valence-electron chi connectivity index (χ3n) is 2.34. The molecule has 0 unspecified atom stereocenters. The van der Waals surface area contributed by atoms with Gasteiger partial charge in [-0.3, -0.25) is 4.79 Å². The third kappa shape index (κ3) is 3.56. The highest BCUT2D eigenvalue weighted by Gasteiger charge is 2.10. The Balaban J connectivity index is 2.14. The molecule has 2 rings (SSSR count). The second-order valence-electron chi connectivity index (χ2n) is 3.85. The Labute approximate surface area is 119 Å². The fraction of sp³-hybridized carbons (Fsp3) is 0.0833. The molecule has 1 N–H and O–H groups in total. The summed E-state index contributed by atoms with van der Waals surface area (Å²) >= 11 is 6.93. The van der Waals surface area contributed by atoms with E-state index in [0.717, 1.165) is 6.26 Å². The maximum atomic E-state index is 11.8. The van der Waals surface area contributed by atoms with Crippen molar-refractivity contribution in [2.24, 2.45) is 0 Å². The van der Waals surface area contributed by atoms with Crippen molar-refractivity contribution in [2.45, 2.75) is 4.90 Å². The topological polar surface area (TPSA) is 63.2 Å². The van der Waals surface area contributed by atoms with Gasteiger partial charge in [0.05, 0.1) is 14.1 Å². The SMILES string of the molecule is CS(=O)(=O)c1ccc(NC(=O)c2ccc(Cl)s2)cc1. The first-order valence-electron chi connectivity index (χ1n) is 5.23. The van der Waals surface area contributed by atoms with Gasteiger partial charge in [0, 0.05) is 11.9 Å². The molecule has 4 nitrogen and oxygen atoms in total. The van der Waals surface area contributed by atoms with Crippen LogP contribution in [0.3, 0.4) is 0 Å². The molecule has 1 aromatic carbocycles. The molecule has 1 aromatic heterocycles. The van der Waals surface area contributed by atoms with E-state index in [-0.39, 0.29) is 10.8 Å². The number of amides is 1. The van der Waals surface area contributed by atoms with Gasteiger partial charge in [0.1, 0.15) is 0 Å². The van der Waals surface area contributed by atoms with E-state index < -0.39 is 9.84 Å². The van der Waals surface area contributed by atoms with Crippen molar-refractivity contribution in [1.29, 1.82) is 0 Å². The molecule has 0 aliphatic heterocycles. The maximum Gasteiger partial charge on any atom is 0.265 e. The Morgan fingerprint density at radius 1 is 1.16 bits per heavy atom. The predicted octanol–water partition coefficient (Wildman–Crippen LogP) is 3.06. The molecule has 2 aromatic rings. The minimum absolute atomic E-state index is 0.213. The van der Waals surface area contributed by atoms with Crippen LogP contribution in [0.25, 0.3) is 0 Å². The highest BCUT2D eigenvalue weighted by Crippen LogP contribution is 2.22. The van der Waals surface area contributed by atoms with E-state index in [1.54, 1.807) is 24.3 Å². The lowest BCUT2D eigenvalue weighted by Gasteiger charge is -2.04. The lowest BCUT2D eigenvalue weighted by Crippen LogP contribution is -2.10. The Morgan fingerprint density at radius 3 is 2.26 bits per heavy atom. The molecule has 0 atom stereocenters. The predicted molar refractivity (Wildman–Crippen MR) is 76.8 cm³/mol. The lowest BCUT2D eigenvalue weighted by atomic mass is 10.3. The normalized spacial score (nSPS) is 11.3. The van der Waals surface area contributed by atoms with Crippen LogP contribution in [-0.4, -0.2) is 20.6 Å². The summed E-state index contributed by atoms with van der Waals surface area (Å²) in [6.45, 7) is 0. The highest BCUT2D eigenvalue weighted by atomic mass is 35.5. The van der Waals surface area contributed by atoms with Crippen LogP contribution >= 0.6 is 22.9 Å². The Hall–Kier alpha value is -1.37. The summed E-state index contributed by atoms with van der Waals surface area (Å²) in [6, 6.07) is 9.27. The number of rotatable bonds is 3. The van der Waals surface area contributed by atoms with E-state index in [2.05, 4.69) is 5.32 Å². The molecule has 0 spiro atoms. The summed E-state index contributed by atoms with van der Waals surface area (Å²) < 4.78 is 23.1. The number of carbonyl (C=O) groups is 1. The van der Waals surface area contributed by atoms with E-state index in [1.807, 2.05) is 0 Å². The average molecular weight is 316 g/mol. The largest absolute Gasteiger partial charge is 0.321 e. The van der Waals surface area contributed by atoms with Crippen LogP contribution in [0, 0.1) is 0 Å². The van der Waals surface area contributed by atoms with Gasteiger partial charge in [0.25, 0.3) is 5.91 Å². The summed E-state index contributed by atoms with van der Waals surface area (Å²) in [5.41, 5.74) is 0.530. The van der Waals surface area contributed by atoms with Crippen LogP contribution in [-0.2, 0) is 9.84 Å². The molecule has 7 heteroatoms. The van der Waals surface area contributed by atoms with Gasteiger partial charge < -0.3 is 5.32 Å². The minimum atomic E-state index is -3.22. The van der Waals surface area contributed by atoms with E-state index in [0.29, 0.717) is 14.9 Å². The van der Waals surface area contributed by atoms with Gasteiger partial charge in [0.15, 0.2) is 9.84 Å². The standard InChI is InChI=1S/C12H10ClNO3S2/c1-19(16,17)9-4-2-8(3-5-9)14-12(15)10-6-7-11(13)18-10/h2-7H,1H3,(H,14,15). The second-order valence-corrected chi connectivity index (χ2v) is 7.59. The van der Waals surface area contributed by atoms with Gasteiger partial charge in [-0.15, -0.1) is 11.3 Å². The van der Waals surface area contributed by atoms with Crippen LogP contribution in [0.1, 0.15) is 9.67 Å². The molecule has 0 aliphatic carbocycles. The van der Waals surface area contributed by atoms with E-state index in [9.17, 15) is 13.2 Å². The summed E-state index contributed by atoms with van der Waals surface area (Å²) in [6.07, 6.45) is 1.13. The van der Waals surface area contributed by atoms with Gasteiger partial charge in [-0.2, -0.15) is 0 Å². The van der Waals surface area contributed by atoms with Gasteiger partial charge in [-0.05, 0) is 36.4 Å². The zero-order valence-electron chi connectivity index (χ0n) is 9.88. The number of anilines is 1. The quantitative estimate of drug-likeness (QED) is 0.946. The van der Waals surface area contributed by atoms with Crippen molar-refractivity contribution in [3.05, 3.63) is 45.6 Å². The van der Waals surface area contributed by atoms with Crippen molar-refractivity contribution < 1.29 is 13.2 Å². The number of hydrogen-bond acceptors (Lipinski definition) is 4. The first kappa shape index (κ1) is 14.0. The van der Waals surface area contributed by atoms with Gasteiger partial charge >= 0.3 is 0 Å². The number of sulfone groups is 1. The summed E-state index contributed by atoms with van der Waals surface area (Å²) in [7, 11) is -3.22. The van der Waals surface area contributed by atoms with Crippen LogP contribution in [0.5, 0.6) is 0 Å². The van der Waals surface area contributed by atoms with Crippen molar-refractivity contribution in [1.82, 2.24) is 0 Å². The lowest BCUT2D eigenvalue weighted by molar-refractivity contribution is 0.103. The third-order valence-corrected chi connectivity index (χ3v) is 4.70. The molecule has 0 saturated carbocycles. The van der Waals surface area contributed by atoms with Crippen molar-refractivity contribution in [3.63, 3.8) is 0 Å². The van der Waals surface area contributed by atoms with E-state index in [4.69, 9.17) is 11.6 Å². The Bertz CT molecular complexity index is 705. The van der Waals surface area contributed by atoms with E-state index in [1.165, 1.54) is 23.5 Å². The smallest absolute Gasteiger partial charge is 0.265 e. The molecule has 1 amide bonds.